The van der Waals surface area contributed by atoms with E-state index in [1.807, 2.05) is 0 Å². The number of rotatable bonds is 5. The molecule has 0 fully saturated rings. The number of nitrogens with zero attached hydrogens (tertiary/aromatic N) is 3. The molecule has 0 unspecified atom stereocenters. The second kappa shape index (κ2) is 5.83. The van der Waals surface area contributed by atoms with Gasteiger partial charge in [0, 0.05) is 5.69 Å². The fourth-order valence-electron chi connectivity index (χ4n) is 1.61. The van der Waals surface area contributed by atoms with Crippen molar-refractivity contribution >= 4 is 17.6 Å². The van der Waals surface area contributed by atoms with Crippen LogP contribution in [0.2, 0.25) is 0 Å². The smallest absolute Gasteiger partial charge is 0.325 e. The average molecular weight is 275 g/mol. The molecule has 4 N–H and O–H groups in total. The number of nitrogens with two attached hydrogens (primary N) is 1. The van der Waals surface area contributed by atoms with E-state index in [1.54, 1.807) is 24.3 Å². The lowest BCUT2D eigenvalue weighted by atomic mass is 10.1. The highest BCUT2D eigenvalue weighted by Crippen LogP contribution is 2.10. The molecule has 0 aliphatic carbocycles. The van der Waals surface area contributed by atoms with Crippen molar-refractivity contribution < 1.29 is 14.7 Å². The van der Waals surface area contributed by atoms with Gasteiger partial charge < -0.3 is 16.2 Å². The molecule has 1 heterocycles. The van der Waals surface area contributed by atoms with E-state index in [0.717, 1.165) is 0 Å². The maximum Gasteiger partial charge on any atom is 0.325 e. The summed E-state index contributed by atoms with van der Waals surface area (Å²) in [4.78, 5) is 22.4. The third-order valence-corrected chi connectivity index (χ3v) is 2.52. The maximum atomic E-state index is 11.9. The molecular formula is C12H13N5O3. The Morgan fingerprint density at radius 2 is 2.10 bits per heavy atom. The van der Waals surface area contributed by atoms with Crippen molar-refractivity contribution in [3.63, 3.8) is 0 Å². The predicted octanol–water partition coefficient (Wildman–Crippen LogP) is -0.125. The van der Waals surface area contributed by atoms with E-state index in [0.29, 0.717) is 16.9 Å². The van der Waals surface area contributed by atoms with Crippen LogP contribution in [0.3, 0.4) is 0 Å². The minimum Gasteiger partial charge on any atom is -0.480 e. The highest BCUT2D eigenvalue weighted by Gasteiger charge is 2.10. The standard InChI is InChI=1S/C12H13N5O3/c13-10-4-2-1-3-9(10)12(20)14-5-8-6-17(16-15-8)7-11(18)19/h1-4,6H,5,7,13H2,(H,14,20)(H,18,19). The van der Waals surface area contributed by atoms with Crippen molar-refractivity contribution in [2.75, 3.05) is 5.73 Å². The minimum atomic E-state index is -1.01. The number of anilines is 1. The Labute approximate surface area is 114 Å². The predicted molar refractivity (Wildman–Crippen MR) is 69.7 cm³/mol. The van der Waals surface area contributed by atoms with E-state index in [4.69, 9.17) is 10.8 Å². The lowest BCUT2D eigenvalue weighted by Crippen LogP contribution is -2.23. The van der Waals surface area contributed by atoms with Crippen LogP contribution in [0.4, 0.5) is 5.69 Å². The van der Waals surface area contributed by atoms with Crippen LogP contribution in [0.5, 0.6) is 0 Å². The third-order valence-electron chi connectivity index (χ3n) is 2.52. The summed E-state index contributed by atoms with van der Waals surface area (Å²) in [5.74, 6) is -1.33. The van der Waals surface area contributed by atoms with Gasteiger partial charge in [0.15, 0.2) is 0 Å². The summed E-state index contributed by atoms with van der Waals surface area (Å²) in [6.45, 7) is -0.126. The topological polar surface area (TPSA) is 123 Å². The van der Waals surface area contributed by atoms with Crippen LogP contribution in [0.15, 0.2) is 30.5 Å². The Balaban J connectivity index is 1.95. The van der Waals surface area contributed by atoms with Gasteiger partial charge >= 0.3 is 5.97 Å². The molecule has 0 aliphatic heterocycles. The molecule has 0 aliphatic rings. The van der Waals surface area contributed by atoms with Gasteiger partial charge in [0.05, 0.1) is 18.3 Å². The van der Waals surface area contributed by atoms with E-state index in [-0.39, 0.29) is 19.0 Å². The SMILES string of the molecule is Nc1ccccc1C(=O)NCc1cn(CC(=O)O)nn1. The Morgan fingerprint density at radius 1 is 1.35 bits per heavy atom. The van der Waals surface area contributed by atoms with Crippen LogP contribution in [0.1, 0.15) is 16.1 Å². The van der Waals surface area contributed by atoms with Gasteiger partial charge in [0.2, 0.25) is 0 Å². The number of carboxylic acid groups (broad SMARTS) is 1. The van der Waals surface area contributed by atoms with E-state index >= 15 is 0 Å². The molecule has 0 bridgehead atoms. The number of hydrogen-bond donors (Lipinski definition) is 3. The van der Waals surface area contributed by atoms with Crippen LogP contribution in [0.25, 0.3) is 0 Å². The summed E-state index contributed by atoms with van der Waals surface area (Å²) >= 11 is 0. The van der Waals surface area contributed by atoms with Crippen molar-refractivity contribution in [2.24, 2.45) is 0 Å². The van der Waals surface area contributed by atoms with Crippen molar-refractivity contribution in [1.29, 1.82) is 0 Å². The second-order valence-electron chi connectivity index (χ2n) is 4.07. The minimum absolute atomic E-state index is 0.146. The number of nitrogen functional groups attached to an aromatic ring is 1. The number of amides is 1. The lowest BCUT2D eigenvalue weighted by molar-refractivity contribution is -0.137. The number of aromatic nitrogens is 3. The number of benzene rings is 1. The first-order valence-corrected chi connectivity index (χ1v) is 5.80. The van der Waals surface area contributed by atoms with Crippen LogP contribution >= 0.6 is 0 Å². The van der Waals surface area contributed by atoms with Crippen molar-refractivity contribution in [3.8, 4) is 0 Å². The van der Waals surface area contributed by atoms with E-state index in [9.17, 15) is 9.59 Å². The van der Waals surface area contributed by atoms with Gasteiger partial charge in [-0.1, -0.05) is 17.3 Å². The molecule has 0 saturated heterocycles. The van der Waals surface area contributed by atoms with Gasteiger partial charge in [0.1, 0.15) is 12.2 Å². The van der Waals surface area contributed by atoms with E-state index in [2.05, 4.69) is 15.6 Å². The fourth-order valence-corrected chi connectivity index (χ4v) is 1.61. The molecule has 1 amide bonds. The zero-order chi connectivity index (χ0) is 14.5. The number of carbonyl (C=O) groups is 2. The van der Waals surface area contributed by atoms with Crippen molar-refractivity contribution in [3.05, 3.63) is 41.7 Å². The van der Waals surface area contributed by atoms with Gasteiger partial charge in [-0.05, 0) is 12.1 Å². The molecule has 2 rings (SSSR count). The first-order valence-electron chi connectivity index (χ1n) is 5.80. The Hall–Kier alpha value is -2.90. The zero-order valence-corrected chi connectivity index (χ0v) is 10.5. The van der Waals surface area contributed by atoms with Crippen LogP contribution in [0, 0.1) is 0 Å². The molecule has 0 spiro atoms. The number of carbonyl (C=O) groups excluding carboxylic acids is 1. The zero-order valence-electron chi connectivity index (χ0n) is 10.5. The molecule has 2 aromatic rings. The summed E-state index contributed by atoms with van der Waals surface area (Å²) in [6, 6.07) is 6.71. The molecular weight excluding hydrogens is 262 g/mol. The highest BCUT2D eigenvalue weighted by molar-refractivity contribution is 5.98. The molecule has 0 saturated carbocycles. The maximum absolute atomic E-state index is 11.9. The van der Waals surface area contributed by atoms with Gasteiger partial charge in [0.25, 0.3) is 5.91 Å². The second-order valence-corrected chi connectivity index (χ2v) is 4.07. The number of nitrogens with one attached hydrogen (secondary N) is 1. The van der Waals surface area contributed by atoms with Gasteiger partial charge in [-0.2, -0.15) is 0 Å². The summed E-state index contributed by atoms with van der Waals surface area (Å²) in [7, 11) is 0. The summed E-state index contributed by atoms with van der Waals surface area (Å²) < 4.78 is 1.18. The normalized spacial score (nSPS) is 10.2. The Kier molecular flexibility index (Phi) is 3.94. The molecule has 1 aromatic carbocycles. The van der Waals surface area contributed by atoms with Gasteiger partial charge in [-0.25, -0.2) is 4.68 Å². The monoisotopic (exact) mass is 275 g/mol. The highest BCUT2D eigenvalue weighted by atomic mass is 16.4. The third kappa shape index (κ3) is 3.31. The van der Waals surface area contributed by atoms with Crippen molar-refractivity contribution in [1.82, 2.24) is 20.3 Å². The molecule has 1 aromatic heterocycles. The number of hydrogen-bond acceptors (Lipinski definition) is 5. The molecule has 20 heavy (non-hydrogen) atoms. The Morgan fingerprint density at radius 3 is 2.80 bits per heavy atom. The quantitative estimate of drug-likeness (QED) is 0.653. The molecule has 0 radical (unpaired) electrons. The van der Waals surface area contributed by atoms with Gasteiger partial charge in [-0.15, -0.1) is 5.10 Å². The number of para-hydroxylation sites is 1. The van der Waals surface area contributed by atoms with Crippen LogP contribution in [-0.2, 0) is 17.9 Å². The lowest BCUT2D eigenvalue weighted by Gasteiger charge is -2.05. The number of aliphatic carboxylic acids is 1. The molecule has 0 atom stereocenters. The molecule has 104 valence electrons. The van der Waals surface area contributed by atoms with E-state index in [1.165, 1.54) is 10.9 Å². The summed E-state index contributed by atoms with van der Waals surface area (Å²) in [6.07, 6.45) is 1.46. The largest absolute Gasteiger partial charge is 0.480 e. The van der Waals surface area contributed by atoms with Gasteiger partial charge in [-0.3, -0.25) is 9.59 Å². The average Bonchev–Trinajstić information content (AvgIpc) is 2.83. The first kappa shape index (κ1) is 13.5. The van der Waals surface area contributed by atoms with E-state index < -0.39 is 5.97 Å². The van der Waals surface area contributed by atoms with Crippen molar-refractivity contribution in [2.45, 2.75) is 13.1 Å². The number of carboxylic acids is 1. The Bertz CT molecular complexity index is 638. The molecule has 8 nitrogen and oxygen atoms in total. The summed E-state index contributed by atoms with van der Waals surface area (Å²) in [5.41, 5.74) is 6.93. The molecule has 8 heteroatoms. The summed E-state index contributed by atoms with van der Waals surface area (Å²) in [5, 5.41) is 18.6. The fraction of sp³-hybridized carbons (Fsp3) is 0.167. The van der Waals surface area contributed by atoms with Crippen LogP contribution < -0.4 is 11.1 Å². The first-order chi connectivity index (χ1) is 9.56. The van der Waals surface area contributed by atoms with Crippen LogP contribution in [-0.4, -0.2) is 32.0 Å².